The summed E-state index contributed by atoms with van der Waals surface area (Å²) >= 11 is 1.70. The highest BCUT2D eigenvalue weighted by molar-refractivity contribution is 7.09. The second kappa shape index (κ2) is 7.41. The fraction of sp³-hybridized carbons (Fsp3) is 0.438. The zero-order valence-electron chi connectivity index (χ0n) is 12.3. The van der Waals surface area contributed by atoms with E-state index in [1.54, 1.807) is 11.3 Å². The fourth-order valence-electron chi connectivity index (χ4n) is 1.95. The van der Waals surface area contributed by atoms with Crippen LogP contribution in [0.25, 0.3) is 0 Å². The average molecular weight is 290 g/mol. The van der Waals surface area contributed by atoms with E-state index < -0.39 is 0 Å². The fourth-order valence-corrected chi connectivity index (χ4v) is 2.72. The minimum absolute atomic E-state index is 0.529. The number of thiazole rings is 1. The number of hydrogen-bond donors (Lipinski definition) is 1. The van der Waals surface area contributed by atoms with Crippen molar-refractivity contribution in [1.29, 1.82) is 0 Å². The van der Waals surface area contributed by atoms with Gasteiger partial charge in [-0.05, 0) is 30.7 Å². The molecular weight excluding hydrogens is 268 g/mol. The maximum atomic E-state index is 5.82. The lowest BCUT2D eigenvalue weighted by atomic mass is 10.0. The first-order valence-electron chi connectivity index (χ1n) is 6.99. The SMILES string of the molecule is CNCc1csc(CCOc2cccc(C(C)C)c2)n1. The number of rotatable bonds is 7. The van der Waals surface area contributed by atoms with E-state index in [1.165, 1.54) is 5.56 Å². The molecular formula is C16H22N2OS. The Morgan fingerprint density at radius 2 is 2.20 bits per heavy atom. The predicted molar refractivity (Wildman–Crippen MR) is 84.6 cm³/mol. The zero-order valence-corrected chi connectivity index (χ0v) is 13.2. The van der Waals surface area contributed by atoms with Crippen LogP contribution >= 0.6 is 11.3 Å². The lowest BCUT2D eigenvalue weighted by molar-refractivity contribution is 0.321. The summed E-state index contributed by atoms with van der Waals surface area (Å²) in [6.45, 7) is 5.89. The highest BCUT2D eigenvalue weighted by atomic mass is 32.1. The minimum Gasteiger partial charge on any atom is -0.493 e. The first-order valence-corrected chi connectivity index (χ1v) is 7.87. The van der Waals surface area contributed by atoms with Gasteiger partial charge in [-0.2, -0.15) is 0 Å². The molecule has 2 rings (SSSR count). The molecule has 0 amide bonds. The lowest BCUT2D eigenvalue weighted by Gasteiger charge is -2.09. The molecule has 0 aliphatic heterocycles. The highest BCUT2D eigenvalue weighted by Gasteiger charge is 2.03. The van der Waals surface area contributed by atoms with Crippen LogP contribution in [-0.4, -0.2) is 18.6 Å². The van der Waals surface area contributed by atoms with Crippen molar-refractivity contribution in [3.8, 4) is 5.75 Å². The van der Waals surface area contributed by atoms with Gasteiger partial charge in [0, 0.05) is 18.3 Å². The Hall–Kier alpha value is -1.39. The first kappa shape index (κ1) is 15.0. The van der Waals surface area contributed by atoms with E-state index in [0.717, 1.165) is 29.4 Å². The van der Waals surface area contributed by atoms with Crippen LogP contribution in [0.5, 0.6) is 5.75 Å². The third kappa shape index (κ3) is 4.32. The van der Waals surface area contributed by atoms with Crippen molar-refractivity contribution in [1.82, 2.24) is 10.3 Å². The van der Waals surface area contributed by atoms with Gasteiger partial charge in [0.15, 0.2) is 0 Å². The van der Waals surface area contributed by atoms with Crippen molar-refractivity contribution >= 4 is 11.3 Å². The first-order chi connectivity index (χ1) is 9.69. The smallest absolute Gasteiger partial charge is 0.119 e. The molecule has 0 bridgehead atoms. The molecule has 0 spiro atoms. The Balaban J connectivity index is 1.84. The molecule has 0 saturated heterocycles. The molecule has 0 fully saturated rings. The summed E-state index contributed by atoms with van der Waals surface area (Å²) in [7, 11) is 1.93. The van der Waals surface area contributed by atoms with Gasteiger partial charge in [0.1, 0.15) is 5.75 Å². The summed E-state index contributed by atoms with van der Waals surface area (Å²) in [5.74, 6) is 1.48. The van der Waals surface area contributed by atoms with Gasteiger partial charge in [-0.15, -0.1) is 11.3 Å². The Labute approximate surface area is 125 Å². The highest BCUT2D eigenvalue weighted by Crippen LogP contribution is 2.20. The quantitative estimate of drug-likeness (QED) is 0.846. The molecule has 1 aromatic carbocycles. The standard InChI is InChI=1S/C16H22N2OS/c1-12(2)13-5-4-6-15(9-13)19-8-7-16-18-14(10-17-3)11-20-16/h4-6,9,11-12,17H,7-8,10H2,1-3H3. The van der Waals surface area contributed by atoms with Gasteiger partial charge in [-0.3, -0.25) is 0 Å². The largest absolute Gasteiger partial charge is 0.493 e. The van der Waals surface area contributed by atoms with Crippen LogP contribution in [0.15, 0.2) is 29.6 Å². The molecule has 1 N–H and O–H groups in total. The topological polar surface area (TPSA) is 34.1 Å². The Morgan fingerprint density at radius 1 is 1.35 bits per heavy atom. The molecule has 1 aromatic heterocycles. The normalized spacial score (nSPS) is 11.0. The molecule has 4 heteroatoms. The van der Waals surface area contributed by atoms with E-state index in [2.05, 4.69) is 47.7 Å². The zero-order chi connectivity index (χ0) is 14.4. The second-order valence-corrected chi connectivity index (χ2v) is 6.03. The molecule has 0 aliphatic rings. The molecule has 0 saturated carbocycles. The predicted octanol–water partition coefficient (Wildman–Crippen LogP) is 3.61. The van der Waals surface area contributed by atoms with E-state index in [-0.39, 0.29) is 0 Å². The molecule has 2 aromatic rings. The van der Waals surface area contributed by atoms with E-state index in [0.29, 0.717) is 12.5 Å². The molecule has 0 aliphatic carbocycles. The van der Waals surface area contributed by atoms with Crippen molar-refractivity contribution in [2.45, 2.75) is 32.7 Å². The van der Waals surface area contributed by atoms with Gasteiger partial charge >= 0.3 is 0 Å². The number of hydrogen-bond acceptors (Lipinski definition) is 4. The summed E-state index contributed by atoms with van der Waals surface area (Å²) in [5.41, 5.74) is 2.42. The Kier molecular flexibility index (Phi) is 5.56. The summed E-state index contributed by atoms with van der Waals surface area (Å²) in [6, 6.07) is 8.33. The molecule has 20 heavy (non-hydrogen) atoms. The minimum atomic E-state index is 0.529. The molecule has 3 nitrogen and oxygen atoms in total. The van der Waals surface area contributed by atoms with E-state index in [1.807, 2.05) is 13.1 Å². The number of nitrogens with zero attached hydrogens (tertiary/aromatic N) is 1. The van der Waals surface area contributed by atoms with Gasteiger partial charge in [0.2, 0.25) is 0 Å². The van der Waals surface area contributed by atoms with Crippen LogP contribution in [0.2, 0.25) is 0 Å². The number of benzene rings is 1. The van der Waals surface area contributed by atoms with Crippen molar-refractivity contribution in [3.63, 3.8) is 0 Å². The molecule has 0 radical (unpaired) electrons. The van der Waals surface area contributed by atoms with Crippen molar-refractivity contribution in [2.24, 2.45) is 0 Å². The average Bonchev–Trinajstić information content (AvgIpc) is 2.87. The Morgan fingerprint density at radius 3 is 2.95 bits per heavy atom. The Bertz CT molecular complexity index is 537. The third-order valence-electron chi connectivity index (χ3n) is 3.07. The van der Waals surface area contributed by atoms with E-state index in [9.17, 15) is 0 Å². The van der Waals surface area contributed by atoms with E-state index in [4.69, 9.17) is 4.74 Å². The second-order valence-electron chi connectivity index (χ2n) is 5.09. The molecule has 108 valence electrons. The maximum absolute atomic E-state index is 5.82. The molecule has 0 atom stereocenters. The molecule has 1 heterocycles. The maximum Gasteiger partial charge on any atom is 0.119 e. The van der Waals surface area contributed by atoms with Crippen molar-refractivity contribution in [3.05, 3.63) is 45.9 Å². The summed E-state index contributed by atoms with van der Waals surface area (Å²) in [5, 5.41) is 6.35. The van der Waals surface area contributed by atoms with Gasteiger partial charge in [-0.25, -0.2) is 4.98 Å². The van der Waals surface area contributed by atoms with Gasteiger partial charge in [-0.1, -0.05) is 26.0 Å². The monoisotopic (exact) mass is 290 g/mol. The summed E-state index contributed by atoms with van der Waals surface area (Å²) in [6.07, 6.45) is 0.861. The number of nitrogens with one attached hydrogen (secondary N) is 1. The van der Waals surface area contributed by atoms with Crippen LogP contribution in [0, 0.1) is 0 Å². The van der Waals surface area contributed by atoms with Gasteiger partial charge in [0.05, 0.1) is 17.3 Å². The molecule has 0 unspecified atom stereocenters. The van der Waals surface area contributed by atoms with Crippen molar-refractivity contribution in [2.75, 3.05) is 13.7 Å². The van der Waals surface area contributed by atoms with Crippen LogP contribution < -0.4 is 10.1 Å². The van der Waals surface area contributed by atoms with E-state index >= 15 is 0 Å². The van der Waals surface area contributed by atoms with Crippen LogP contribution in [0.1, 0.15) is 36.0 Å². The lowest BCUT2D eigenvalue weighted by Crippen LogP contribution is -2.06. The van der Waals surface area contributed by atoms with Crippen LogP contribution in [0.4, 0.5) is 0 Å². The number of ether oxygens (including phenoxy) is 1. The van der Waals surface area contributed by atoms with Crippen molar-refractivity contribution < 1.29 is 4.74 Å². The summed E-state index contributed by atoms with van der Waals surface area (Å²) in [4.78, 5) is 4.55. The van der Waals surface area contributed by atoms with Gasteiger partial charge in [0.25, 0.3) is 0 Å². The van der Waals surface area contributed by atoms with Gasteiger partial charge < -0.3 is 10.1 Å². The van der Waals surface area contributed by atoms with Crippen LogP contribution in [0.3, 0.4) is 0 Å². The number of aromatic nitrogens is 1. The third-order valence-corrected chi connectivity index (χ3v) is 4.02. The van der Waals surface area contributed by atoms with Crippen LogP contribution in [-0.2, 0) is 13.0 Å². The summed E-state index contributed by atoms with van der Waals surface area (Å²) < 4.78 is 5.82.